The number of guanidine groups is 1. The van der Waals surface area contributed by atoms with Crippen LogP contribution in [0, 0.1) is 0 Å². The largest absolute Gasteiger partial charge is 0.444 e. The summed E-state index contributed by atoms with van der Waals surface area (Å²) < 4.78 is 20.9. The van der Waals surface area contributed by atoms with Crippen molar-refractivity contribution < 1.29 is 33.3 Å². The van der Waals surface area contributed by atoms with Crippen molar-refractivity contribution in [2.24, 2.45) is 4.99 Å². The third kappa shape index (κ3) is 24.2. The van der Waals surface area contributed by atoms with Crippen molar-refractivity contribution in [3.05, 3.63) is 0 Å². The molecular formula is C28H53N3O7. The van der Waals surface area contributed by atoms with Crippen molar-refractivity contribution in [2.75, 3.05) is 20.4 Å². The van der Waals surface area contributed by atoms with Gasteiger partial charge in [0.05, 0.1) is 6.10 Å². The Kier molecular flexibility index (Phi) is 19.5. The zero-order valence-electron chi connectivity index (χ0n) is 24.9. The van der Waals surface area contributed by atoms with E-state index < -0.39 is 23.4 Å². The van der Waals surface area contributed by atoms with Crippen LogP contribution < -0.4 is 10.6 Å². The highest BCUT2D eigenvalue weighted by molar-refractivity contribution is 6.01. The Hall–Kier alpha value is -2.20. The fraction of sp³-hybridized carbons (Fsp3) is 0.857. The molecule has 0 saturated heterocycles. The highest BCUT2D eigenvalue weighted by Crippen LogP contribution is 2.14. The van der Waals surface area contributed by atoms with E-state index in [4.69, 9.17) is 18.9 Å². The summed E-state index contributed by atoms with van der Waals surface area (Å²) in [6, 6.07) is 0. The number of unbranched alkanes of at least 4 members (excludes halogenated alkanes) is 9. The molecule has 0 heterocycles. The first-order valence-electron chi connectivity index (χ1n) is 13.9. The summed E-state index contributed by atoms with van der Waals surface area (Å²) in [5.41, 5.74) is -1.33. The number of methoxy groups -OCH3 is 1. The van der Waals surface area contributed by atoms with Gasteiger partial charge in [-0.25, -0.2) is 9.59 Å². The molecule has 10 heteroatoms. The van der Waals surface area contributed by atoms with Crippen LogP contribution in [0.15, 0.2) is 4.99 Å². The summed E-state index contributed by atoms with van der Waals surface area (Å²) in [5, 5.41) is 5.00. The molecule has 0 aliphatic rings. The molecule has 0 radical (unpaired) electrons. The monoisotopic (exact) mass is 543 g/mol. The van der Waals surface area contributed by atoms with E-state index in [9.17, 15) is 14.4 Å². The number of carbonyl (C=O) groups excluding carboxylic acids is 3. The Morgan fingerprint density at radius 2 is 1.21 bits per heavy atom. The molecule has 222 valence electrons. The average Bonchev–Trinajstić information content (AvgIpc) is 2.77. The summed E-state index contributed by atoms with van der Waals surface area (Å²) in [6.07, 6.45) is 12.1. The third-order valence-electron chi connectivity index (χ3n) is 5.22. The number of rotatable bonds is 18. The van der Waals surface area contributed by atoms with Crippen molar-refractivity contribution in [3.8, 4) is 0 Å². The van der Waals surface area contributed by atoms with E-state index in [1.54, 1.807) is 48.7 Å². The number of nitrogens with zero attached hydrogens (tertiary/aromatic N) is 1. The van der Waals surface area contributed by atoms with E-state index in [1.807, 2.05) is 0 Å². The van der Waals surface area contributed by atoms with Gasteiger partial charge >= 0.3 is 12.2 Å². The zero-order chi connectivity index (χ0) is 28.9. The first-order chi connectivity index (χ1) is 17.9. The second-order valence-electron chi connectivity index (χ2n) is 11.4. The van der Waals surface area contributed by atoms with E-state index in [0.717, 1.165) is 44.8 Å². The lowest BCUT2D eigenvalue weighted by atomic mass is 10.0. The predicted molar refractivity (Wildman–Crippen MR) is 149 cm³/mol. The minimum Gasteiger partial charge on any atom is -0.444 e. The quantitative estimate of drug-likeness (QED) is 0.0687. The zero-order valence-corrected chi connectivity index (χ0v) is 24.9. The van der Waals surface area contributed by atoms with Crippen LogP contribution in [-0.2, 0) is 23.7 Å². The van der Waals surface area contributed by atoms with Crippen molar-refractivity contribution in [1.29, 1.82) is 0 Å². The Morgan fingerprint density at radius 1 is 0.763 bits per heavy atom. The maximum atomic E-state index is 12.1. The van der Waals surface area contributed by atoms with Crippen LogP contribution in [0.4, 0.5) is 9.59 Å². The Morgan fingerprint density at radius 3 is 1.63 bits per heavy atom. The topological polar surface area (TPSA) is 125 Å². The molecule has 38 heavy (non-hydrogen) atoms. The first-order valence-corrected chi connectivity index (χ1v) is 13.9. The minimum atomic E-state index is -0.687. The lowest BCUT2D eigenvalue weighted by Gasteiger charge is -2.22. The van der Waals surface area contributed by atoms with Gasteiger partial charge in [-0.05, 0) is 54.4 Å². The van der Waals surface area contributed by atoms with E-state index >= 15 is 0 Å². The fourth-order valence-corrected chi connectivity index (χ4v) is 3.54. The molecule has 0 rings (SSSR count). The van der Waals surface area contributed by atoms with Gasteiger partial charge in [0.25, 0.3) is 0 Å². The first kappa shape index (κ1) is 35.8. The van der Waals surface area contributed by atoms with Gasteiger partial charge in [-0.1, -0.05) is 57.8 Å². The molecule has 1 atom stereocenters. The van der Waals surface area contributed by atoms with E-state index in [1.165, 1.54) is 32.1 Å². The minimum absolute atomic E-state index is 0.0243. The third-order valence-corrected chi connectivity index (χ3v) is 5.22. The highest BCUT2D eigenvalue weighted by Gasteiger charge is 2.21. The maximum absolute atomic E-state index is 12.1. The fourth-order valence-electron chi connectivity index (χ4n) is 3.54. The Labute approximate surface area is 230 Å². The summed E-state index contributed by atoms with van der Waals surface area (Å²) in [6.45, 7) is 11.3. The second-order valence-corrected chi connectivity index (χ2v) is 11.4. The summed E-state index contributed by atoms with van der Waals surface area (Å²) >= 11 is 0. The SMILES string of the molecule is COCO[C@@H](CC=O)CCCCCCCCCCCCN=C(NC(=O)OC(C)(C)C)NC(=O)OC(C)(C)C. The number of aliphatic imine (C=N–C) groups is 1. The number of amides is 2. The number of ether oxygens (including phenoxy) is 4. The van der Waals surface area contributed by atoms with E-state index in [2.05, 4.69) is 15.6 Å². The number of hydrogen-bond donors (Lipinski definition) is 2. The van der Waals surface area contributed by atoms with Crippen molar-refractivity contribution >= 4 is 24.4 Å². The van der Waals surface area contributed by atoms with Crippen LogP contribution in [0.5, 0.6) is 0 Å². The van der Waals surface area contributed by atoms with Gasteiger partial charge in [0.1, 0.15) is 24.3 Å². The van der Waals surface area contributed by atoms with E-state index in [0.29, 0.717) is 13.0 Å². The van der Waals surface area contributed by atoms with Crippen molar-refractivity contribution in [2.45, 2.75) is 136 Å². The summed E-state index contributed by atoms with van der Waals surface area (Å²) in [7, 11) is 1.58. The van der Waals surface area contributed by atoms with Gasteiger partial charge in [0.2, 0.25) is 5.96 Å². The maximum Gasteiger partial charge on any atom is 0.414 e. The molecule has 0 aromatic carbocycles. The normalized spacial score (nSPS) is 12.4. The average molecular weight is 544 g/mol. The molecule has 0 aliphatic heterocycles. The molecule has 10 nitrogen and oxygen atoms in total. The molecule has 2 amide bonds. The van der Waals surface area contributed by atoms with Crippen LogP contribution in [0.25, 0.3) is 0 Å². The van der Waals surface area contributed by atoms with Crippen LogP contribution in [-0.4, -0.2) is 62.2 Å². The molecule has 2 N–H and O–H groups in total. The molecule has 0 aliphatic carbocycles. The number of alkyl carbamates (subject to hydrolysis) is 2. The predicted octanol–water partition coefficient (Wildman–Crippen LogP) is 6.26. The number of aldehydes is 1. The van der Waals surface area contributed by atoms with Crippen LogP contribution >= 0.6 is 0 Å². The van der Waals surface area contributed by atoms with Gasteiger partial charge in [-0.2, -0.15) is 0 Å². The molecule has 0 fully saturated rings. The molecule has 0 bridgehead atoms. The van der Waals surface area contributed by atoms with Gasteiger partial charge < -0.3 is 23.7 Å². The molecule has 0 aromatic heterocycles. The van der Waals surface area contributed by atoms with Crippen LogP contribution in [0.2, 0.25) is 0 Å². The van der Waals surface area contributed by atoms with Gasteiger partial charge in [-0.3, -0.25) is 15.6 Å². The lowest BCUT2D eigenvalue weighted by Crippen LogP contribution is -2.47. The number of nitrogens with one attached hydrogen (secondary N) is 2. The Balaban J connectivity index is 4.13. The molecule has 0 aromatic rings. The smallest absolute Gasteiger partial charge is 0.414 e. The molecular weight excluding hydrogens is 490 g/mol. The van der Waals surface area contributed by atoms with Crippen LogP contribution in [0.1, 0.15) is 119 Å². The van der Waals surface area contributed by atoms with Gasteiger partial charge in [0, 0.05) is 20.1 Å². The molecule has 0 spiro atoms. The lowest BCUT2D eigenvalue weighted by molar-refractivity contribution is -0.115. The van der Waals surface area contributed by atoms with Gasteiger partial charge in [-0.15, -0.1) is 0 Å². The van der Waals surface area contributed by atoms with Crippen molar-refractivity contribution in [3.63, 3.8) is 0 Å². The second kappa shape index (κ2) is 20.7. The van der Waals surface area contributed by atoms with Crippen molar-refractivity contribution in [1.82, 2.24) is 10.6 Å². The number of hydrogen-bond acceptors (Lipinski definition) is 8. The Bertz CT molecular complexity index is 653. The number of carbonyl (C=O) groups is 3. The highest BCUT2D eigenvalue weighted by atomic mass is 16.7. The molecule has 0 unspecified atom stereocenters. The summed E-state index contributed by atoms with van der Waals surface area (Å²) in [4.78, 5) is 39.3. The summed E-state index contributed by atoms with van der Waals surface area (Å²) in [5.74, 6) is 0.0243. The molecule has 0 saturated carbocycles. The van der Waals surface area contributed by atoms with Gasteiger partial charge in [0.15, 0.2) is 0 Å². The standard InChI is InChI=1S/C28H53N3O7/c1-27(2,3)37-25(33)30-24(31-26(34)38-28(4,5)6)29-20-17-15-13-11-9-8-10-12-14-16-18-23(19-21-32)36-22-35-7/h21,23H,8-20,22H2,1-7H3,(H2,29,30,31,33,34)/t23-/m1/s1. The van der Waals surface area contributed by atoms with E-state index in [-0.39, 0.29) is 18.9 Å². The van der Waals surface area contributed by atoms with Crippen LogP contribution in [0.3, 0.4) is 0 Å².